The maximum atomic E-state index is 4.38. The fourth-order valence-corrected chi connectivity index (χ4v) is 2.66. The van der Waals surface area contributed by atoms with Crippen LogP contribution in [0.25, 0.3) is 0 Å². The number of rotatable bonds is 4. The molecule has 0 radical (unpaired) electrons. The van der Waals surface area contributed by atoms with E-state index in [9.17, 15) is 0 Å². The highest BCUT2D eigenvalue weighted by Crippen LogP contribution is 2.24. The van der Waals surface area contributed by atoms with Crippen molar-refractivity contribution >= 4 is 5.82 Å². The second-order valence-electron chi connectivity index (χ2n) is 7.33. The summed E-state index contributed by atoms with van der Waals surface area (Å²) in [7, 11) is 3.97. The van der Waals surface area contributed by atoms with Crippen molar-refractivity contribution in [1.29, 1.82) is 0 Å². The summed E-state index contributed by atoms with van der Waals surface area (Å²) in [6.07, 6.45) is 1.82. The summed E-state index contributed by atoms with van der Waals surface area (Å²) in [5.41, 5.74) is 2.07. The lowest BCUT2D eigenvalue weighted by atomic mass is 9.92. The minimum Gasteiger partial charge on any atom is -0.352 e. The maximum absolute atomic E-state index is 4.38. The molecule has 0 spiro atoms. The second-order valence-corrected chi connectivity index (χ2v) is 7.33. The van der Waals surface area contributed by atoms with Crippen LogP contribution in [0, 0.1) is 0 Å². The van der Waals surface area contributed by atoms with Gasteiger partial charge in [0.2, 0.25) is 0 Å². The number of aromatic nitrogens is 5. The van der Waals surface area contributed by atoms with Crippen molar-refractivity contribution in [3.63, 3.8) is 0 Å². The first-order chi connectivity index (χ1) is 10.8. The molecule has 0 aliphatic carbocycles. The fourth-order valence-electron chi connectivity index (χ4n) is 2.66. The smallest absolute Gasteiger partial charge is 0.151 e. The molecule has 3 rings (SSSR count). The lowest BCUT2D eigenvalue weighted by Gasteiger charge is -2.44. The zero-order valence-corrected chi connectivity index (χ0v) is 14.6. The lowest BCUT2D eigenvalue weighted by Crippen LogP contribution is -2.58. The van der Waals surface area contributed by atoms with Gasteiger partial charge in [0.15, 0.2) is 5.82 Å². The molecule has 0 N–H and O–H groups in total. The van der Waals surface area contributed by atoms with Crippen molar-refractivity contribution in [2.45, 2.75) is 38.8 Å². The molecule has 0 bridgehead atoms. The Hall–Kier alpha value is -2.02. The van der Waals surface area contributed by atoms with Crippen molar-refractivity contribution in [2.75, 3.05) is 25.0 Å². The largest absolute Gasteiger partial charge is 0.352 e. The van der Waals surface area contributed by atoms with Crippen LogP contribution in [0.3, 0.4) is 0 Å². The average molecular weight is 315 g/mol. The Morgan fingerprint density at radius 2 is 1.96 bits per heavy atom. The van der Waals surface area contributed by atoms with Gasteiger partial charge in [-0.1, -0.05) is 20.8 Å². The molecule has 2 aromatic rings. The summed E-state index contributed by atoms with van der Waals surface area (Å²) in [4.78, 5) is 6.18. The van der Waals surface area contributed by atoms with Gasteiger partial charge in [-0.15, -0.1) is 5.10 Å². The summed E-state index contributed by atoms with van der Waals surface area (Å²) in [6, 6.07) is 4.67. The van der Waals surface area contributed by atoms with Gasteiger partial charge in [-0.3, -0.25) is 4.90 Å². The highest BCUT2D eigenvalue weighted by Gasteiger charge is 2.31. The molecule has 1 fully saturated rings. The van der Waals surface area contributed by atoms with E-state index in [1.165, 1.54) is 0 Å². The first-order valence-electron chi connectivity index (χ1n) is 7.97. The first-order valence-corrected chi connectivity index (χ1v) is 7.97. The van der Waals surface area contributed by atoms with E-state index in [2.05, 4.69) is 70.1 Å². The van der Waals surface area contributed by atoms with Gasteiger partial charge in [0.05, 0.1) is 17.6 Å². The molecule has 0 unspecified atom stereocenters. The van der Waals surface area contributed by atoms with Crippen LogP contribution in [0.2, 0.25) is 0 Å². The van der Waals surface area contributed by atoms with E-state index in [1.807, 2.05) is 13.2 Å². The Morgan fingerprint density at radius 1 is 1.22 bits per heavy atom. The third-order valence-electron chi connectivity index (χ3n) is 4.29. The molecule has 1 aliphatic rings. The number of hydrogen-bond donors (Lipinski definition) is 0. The van der Waals surface area contributed by atoms with Crippen LogP contribution in [0.1, 0.15) is 32.2 Å². The van der Waals surface area contributed by atoms with E-state index in [0.717, 1.165) is 36.8 Å². The quantitative estimate of drug-likeness (QED) is 0.845. The zero-order valence-electron chi connectivity index (χ0n) is 14.6. The van der Waals surface area contributed by atoms with Gasteiger partial charge in [0.1, 0.15) is 0 Å². The maximum Gasteiger partial charge on any atom is 0.151 e. The fraction of sp³-hybridized carbons (Fsp3) is 0.625. The van der Waals surface area contributed by atoms with E-state index in [4.69, 9.17) is 0 Å². The Morgan fingerprint density at radius 3 is 2.48 bits per heavy atom. The molecule has 0 aromatic carbocycles. The Labute approximate surface area is 137 Å². The van der Waals surface area contributed by atoms with Gasteiger partial charge >= 0.3 is 0 Å². The van der Waals surface area contributed by atoms with Crippen LogP contribution < -0.4 is 4.90 Å². The molecule has 124 valence electrons. The molecule has 0 amide bonds. The van der Waals surface area contributed by atoms with Gasteiger partial charge < -0.3 is 4.90 Å². The molecule has 1 saturated heterocycles. The molecule has 7 nitrogen and oxygen atoms in total. The molecule has 1 aliphatic heterocycles. The number of likely N-dealkylation sites (N-methyl/N-ethyl adjacent to an activating group) is 1. The molecule has 23 heavy (non-hydrogen) atoms. The number of nitrogens with zero attached hydrogens (tertiary/aromatic N) is 7. The first kappa shape index (κ1) is 15.9. The van der Waals surface area contributed by atoms with E-state index < -0.39 is 0 Å². The van der Waals surface area contributed by atoms with Gasteiger partial charge in [-0.2, -0.15) is 20.1 Å². The SMILES string of the molecule is CN(Cc1cnn(C)n1)C1CN(c2ccc(C(C)(C)C)nn2)C1. The summed E-state index contributed by atoms with van der Waals surface area (Å²) in [6.45, 7) is 9.22. The third kappa shape index (κ3) is 3.50. The van der Waals surface area contributed by atoms with Gasteiger partial charge in [-0.25, -0.2) is 0 Å². The molecule has 0 saturated carbocycles. The van der Waals surface area contributed by atoms with Crippen LogP contribution in [0.5, 0.6) is 0 Å². The Bertz CT molecular complexity index is 650. The third-order valence-corrected chi connectivity index (χ3v) is 4.29. The number of aryl methyl sites for hydroxylation is 1. The second kappa shape index (κ2) is 5.88. The Balaban J connectivity index is 1.54. The molecule has 3 heterocycles. The van der Waals surface area contributed by atoms with E-state index >= 15 is 0 Å². The van der Waals surface area contributed by atoms with Crippen LogP contribution in [-0.4, -0.2) is 56.3 Å². The van der Waals surface area contributed by atoms with Gasteiger partial charge in [-0.05, 0) is 19.2 Å². The Kier molecular flexibility index (Phi) is 4.06. The van der Waals surface area contributed by atoms with Crippen molar-refractivity contribution in [3.05, 3.63) is 29.7 Å². The molecule has 0 atom stereocenters. The lowest BCUT2D eigenvalue weighted by molar-refractivity contribution is 0.194. The van der Waals surface area contributed by atoms with Crippen LogP contribution in [0.4, 0.5) is 5.82 Å². The van der Waals surface area contributed by atoms with E-state index in [0.29, 0.717) is 6.04 Å². The summed E-state index contributed by atoms with van der Waals surface area (Å²) >= 11 is 0. The molecular formula is C16H25N7. The van der Waals surface area contributed by atoms with E-state index in [1.54, 1.807) is 4.80 Å². The highest BCUT2D eigenvalue weighted by atomic mass is 15.5. The normalized spacial score (nSPS) is 16.0. The van der Waals surface area contributed by atoms with Crippen molar-refractivity contribution < 1.29 is 0 Å². The minimum atomic E-state index is 0.0416. The molecule has 7 heteroatoms. The van der Waals surface area contributed by atoms with Crippen molar-refractivity contribution in [2.24, 2.45) is 7.05 Å². The molecular weight excluding hydrogens is 290 g/mol. The highest BCUT2D eigenvalue weighted by molar-refractivity contribution is 5.42. The average Bonchev–Trinajstić information content (AvgIpc) is 2.82. The number of anilines is 1. The van der Waals surface area contributed by atoms with Gasteiger partial charge in [0.25, 0.3) is 0 Å². The van der Waals surface area contributed by atoms with Crippen LogP contribution >= 0.6 is 0 Å². The molecule has 2 aromatic heterocycles. The van der Waals surface area contributed by atoms with Crippen LogP contribution in [0.15, 0.2) is 18.3 Å². The van der Waals surface area contributed by atoms with Crippen molar-refractivity contribution in [1.82, 2.24) is 30.1 Å². The predicted molar refractivity (Wildman–Crippen MR) is 89.2 cm³/mol. The van der Waals surface area contributed by atoms with Gasteiger partial charge in [0, 0.05) is 38.1 Å². The minimum absolute atomic E-state index is 0.0416. The van der Waals surface area contributed by atoms with Crippen LogP contribution in [-0.2, 0) is 19.0 Å². The monoisotopic (exact) mass is 315 g/mol. The number of hydrogen-bond acceptors (Lipinski definition) is 6. The summed E-state index contributed by atoms with van der Waals surface area (Å²) in [5, 5.41) is 17.2. The zero-order chi connectivity index (χ0) is 16.6. The van der Waals surface area contributed by atoms with Crippen molar-refractivity contribution in [3.8, 4) is 0 Å². The topological polar surface area (TPSA) is 63.0 Å². The standard InChI is InChI=1S/C16H25N7/c1-16(2,3)14-6-7-15(19-18-14)23-10-13(11-23)21(4)9-12-8-17-22(5)20-12/h6-8,13H,9-11H2,1-5H3. The van der Waals surface area contributed by atoms with E-state index in [-0.39, 0.29) is 5.41 Å². The predicted octanol–water partition coefficient (Wildman–Crippen LogP) is 1.22. The summed E-state index contributed by atoms with van der Waals surface area (Å²) in [5.74, 6) is 0.960. The summed E-state index contributed by atoms with van der Waals surface area (Å²) < 4.78 is 0.